The molecule has 1 fully saturated rings. The van der Waals surface area contributed by atoms with Crippen LogP contribution in [0.3, 0.4) is 0 Å². The molecule has 0 aromatic heterocycles. The van der Waals surface area contributed by atoms with Gasteiger partial charge < -0.3 is 68.2 Å². The number of benzene rings is 3. The third-order valence-electron chi connectivity index (χ3n) is 13.5. The number of carboxylic acid groups (broad SMARTS) is 3. The number of unbranched alkanes of at least 4 members (excludes halogenated alkanes) is 2. The number of phenolic OH excluding ortho intramolecular Hbond substituents is 1. The van der Waals surface area contributed by atoms with Crippen LogP contribution in [0, 0.1) is 0 Å². The molecule has 0 spiro atoms. The second-order valence-corrected chi connectivity index (χ2v) is 22.2. The molecule has 14 N–H and O–H groups in total. The number of urea groups is 1. The molecule has 85 heavy (non-hydrogen) atoms. The predicted octanol–water partition coefficient (Wildman–Crippen LogP) is 1.19. The number of thiol groups is 1. The number of aliphatic imine (C=N–C) groups is 1. The van der Waals surface area contributed by atoms with Gasteiger partial charge in [-0.2, -0.15) is 4.99 Å². The quantitative estimate of drug-likeness (QED) is 0.0131. The third kappa shape index (κ3) is 29.0. The molecule has 1 aliphatic rings. The SMILES string of the molecule is CCC(=O)NCCNC(=O)/N=C(/N)NCCC[C@@H](NC(=O)[SH](c1ccccc1)c1ccc(NCCCNC(=O)CCCCCNC(C=O)N2CCN(CC(=O)O)CCN(CC(=O)O)CCN(CC(=O)O)CC2)cc1)C(=O)NCc1ccc(O)cc1. The molecule has 3 atom stereocenters. The molecule has 28 heteroatoms. The van der Waals surface area contributed by atoms with Gasteiger partial charge in [0.2, 0.25) is 17.7 Å². The largest absolute Gasteiger partial charge is 0.508 e. The summed E-state index contributed by atoms with van der Waals surface area (Å²) in [5.74, 6) is -3.84. The summed E-state index contributed by atoms with van der Waals surface area (Å²) in [6, 6.07) is 21.5. The van der Waals surface area contributed by atoms with Crippen LogP contribution in [0.5, 0.6) is 5.75 Å². The Labute approximate surface area is 498 Å². The van der Waals surface area contributed by atoms with Crippen molar-refractivity contribution in [1.82, 2.24) is 56.8 Å². The maximum atomic E-state index is 14.4. The molecular weight excluding hydrogens is 1120 g/mol. The van der Waals surface area contributed by atoms with Crippen LogP contribution in [0.1, 0.15) is 63.9 Å². The van der Waals surface area contributed by atoms with Gasteiger partial charge >= 0.3 is 23.9 Å². The number of rotatable bonds is 34. The zero-order chi connectivity index (χ0) is 61.8. The molecule has 2 unspecified atom stereocenters. The maximum Gasteiger partial charge on any atom is 0.344 e. The van der Waals surface area contributed by atoms with Gasteiger partial charge in [-0.05, 0) is 103 Å². The number of aliphatic carboxylic acids is 3. The van der Waals surface area contributed by atoms with Crippen LogP contribution in [-0.4, -0.2) is 223 Å². The van der Waals surface area contributed by atoms with Gasteiger partial charge in [-0.1, -0.05) is 43.7 Å². The van der Waals surface area contributed by atoms with E-state index in [1.807, 2.05) is 59.5 Å². The van der Waals surface area contributed by atoms with Crippen LogP contribution >= 0.6 is 10.9 Å². The number of carbonyl (C=O) groups is 9. The average Bonchev–Trinajstić information content (AvgIpc) is 3.52. The number of carboxylic acids is 3. The number of nitrogens with zero attached hydrogens (tertiary/aromatic N) is 5. The molecule has 3 aromatic carbocycles. The lowest BCUT2D eigenvalue weighted by molar-refractivity contribution is -0.140. The van der Waals surface area contributed by atoms with Gasteiger partial charge in [0.25, 0.3) is 5.24 Å². The Morgan fingerprint density at radius 1 is 0.612 bits per heavy atom. The van der Waals surface area contributed by atoms with Crippen LogP contribution in [0.15, 0.2) is 93.6 Å². The van der Waals surface area contributed by atoms with Crippen molar-refractivity contribution in [2.45, 2.75) is 86.8 Å². The number of hydrogen-bond donors (Lipinski definition) is 14. The highest BCUT2D eigenvalue weighted by molar-refractivity contribution is 8.29. The molecule has 468 valence electrons. The molecule has 0 aliphatic carbocycles. The number of amides is 6. The van der Waals surface area contributed by atoms with Crippen LogP contribution in [0.25, 0.3) is 0 Å². The first-order chi connectivity index (χ1) is 40.9. The predicted molar refractivity (Wildman–Crippen MR) is 322 cm³/mol. The molecule has 27 nitrogen and oxygen atoms in total. The van der Waals surface area contributed by atoms with Crippen molar-refractivity contribution in [3.05, 3.63) is 84.4 Å². The highest BCUT2D eigenvalue weighted by Gasteiger charge is 2.27. The van der Waals surface area contributed by atoms with E-state index in [0.717, 1.165) is 27.3 Å². The van der Waals surface area contributed by atoms with E-state index in [-0.39, 0.29) is 120 Å². The molecule has 0 radical (unpaired) electrons. The monoisotopic (exact) mass is 1210 g/mol. The van der Waals surface area contributed by atoms with Gasteiger partial charge in [0.05, 0.1) is 19.6 Å². The Bertz CT molecular complexity index is 2570. The Kier molecular flexibility index (Phi) is 32.4. The summed E-state index contributed by atoms with van der Waals surface area (Å²) in [6.45, 7) is 5.34. The number of phenols is 1. The van der Waals surface area contributed by atoms with Crippen LogP contribution in [-0.2, 0) is 40.1 Å². The number of nitrogens with two attached hydrogens (primary N) is 1. The molecule has 1 aliphatic heterocycles. The first-order valence-electron chi connectivity index (χ1n) is 28.6. The average molecular weight is 1210 g/mol. The summed E-state index contributed by atoms with van der Waals surface area (Å²) in [7, 11) is -1.67. The van der Waals surface area contributed by atoms with Gasteiger partial charge in [-0.3, -0.25) is 58.5 Å². The molecule has 6 amide bonds. The standard InChI is InChI=1S/C57H86N14O13S/c1-2-49(74)62-27-28-64-56(83)67-55(58)63-24-9-13-47(54(82)65-37-42-15-19-44(73)20-16-42)66-57(84)85(45-11-5-3-6-12-45)46-21-17-43(18-22-46)59-25-10-26-61-50(75)14-7-4-8-23-60-48(41-72)71-35-33-69(39-52(78)79)31-29-68(38-51(76)77)30-32-70(34-36-71)40-53(80)81/h3,5-6,11-12,15-22,41,47-48,59-60,73,85H,2,4,7-10,13-14,23-40H2,1H3,(H,61,75)(H,62,74)(H,65,82)(H,66,84)(H,76,77)(H,78,79)(H,80,81)(H4,58,63,64,67,83)/t47-,48?/m1/s1. The van der Waals surface area contributed by atoms with E-state index in [4.69, 9.17) is 5.73 Å². The fraction of sp³-hybridized carbons (Fsp3) is 0.509. The Hall–Kier alpha value is -7.89. The number of aromatic hydroxyl groups is 1. The van der Waals surface area contributed by atoms with Crippen molar-refractivity contribution in [1.29, 1.82) is 0 Å². The first kappa shape index (κ1) is 69.6. The number of guanidine groups is 1. The summed E-state index contributed by atoms with van der Waals surface area (Å²) in [5.41, 5.74) is 7.48. The smallest absolute Gasteiger partial charge is 0.344 e. The van der Waals surface area contributed by atoms with Gasteiger partial charge in [0.1, 0.15) is 18.0 Å². The number of hydrogen-bond acceptors (Lipinski definition) is 16. The molecule has 0 bridgehead atoms. The van der Waals surface area contributed by atoms with E-state index in [0.29, 0.717) is 77.7 Å². The zero-order valence-corrected chi connectivity index (χ0v) is 49.2. The summed E-state index contributed by atoms with van der Waals surface area (Å²) in [6.07, 6.45) is 3.86. The minimum atomic E-state index is -1.67. The maximum absolute atomic E-state index is 14.4. The van der Waals surface area contributed by atoms with Crippen molar-refractivity contribution in [2.24, 2.45) is 10.7 Å². The molecule has 1 saturated heterocycles. The minimum Gasteiger partial charge on any atom is -0.508 e. The molecule has 0 saturated carbocycles. The minimum absolute atomic E-state index is 0.0828. The Morgan fingerprint density at radius 2 is 1.18 bits per heavy atom. The first-order valence-corrected chi connectivity index (χ1v) is 30.0. The van der Waals surface area contributed by atoms with Gasteiger partial charge in [0, 0.05) is 110 Å². The van der Waals surface area contributed by atoms with Crippen LogP contribution in [0.4, 0.5) is 15.3 Å². The normalized spacial score (nSPS) is 15.3. The lowest BCUT2D eigenvalue weighted by Gasteiger charge is -2.35. The van der Waals surface area contributed by atoms with Crippen molar-refractivity contribution in [2.75, 3.05) is 117 Å². The van der Waals surface area contributed by atoms with Crippen molar-refractivity contribution in [3.8, 4) is 5.75 Å². The van der Waals surface area contributed by atoms with Crippen LogP contribution < -0.4 is 48.3 Å². The van der Waals surface area contributed by atoms with E-state index in [2.05, 4.69) is 47.5 Å². The van der Waals surface area contributed by atoms with Gasteiger partial charge in [0.15, 0.2) is 12.2 Å². The summed E-state index contributed by atoms with van der Waals surface area (Å²) >= 11 is 0. The number of anilines is 1. The van der Waals surface area contributed by atoms with Crippen molar-refractivity contribution < 1.29 is 63.6 Å². The lowest BCUT2D eigenvalue weighted by atomic mass is 10.1. The molecular formula is C57H86N14O13S. The summed E-state index contributed by atoms with van der Waals surface area (Å²) < 4.78 is 0. The lowest BCUT2D eigenvalue weighted by Crippen LogP contribution is -2.54. The van der Waals surface area contributed by atoms with E-state index in [1.54, 1.807) is 33.8 Å². The topological polar surface area (TPSA) is 382 Å². The second-order valence-electron chi connectivity index (χ2n) is 20.1. The van der Waals surface area contributed by atoms with E-state index >= 15 is 0 Å². The van der Waals surface area contributed by atoms with E-state index < -0.39 is 52.9 Å². The highest BCUT2D eigenvalue weighted by atomic mass is 32.2. The van der Waals surface area contributed by atoms with Gasteiger partial charge in [-0.25, -0.2) is 4.79 Å². The zero-order valence-electron chi connectivity index (χ0n) is 48.3. The van der Waals surface area contributed by atoms with Crippen LogP contribution in [0.2, 0.25) is 0 Å². The summed E-state index contributed by atoms with van der Waals surface area (Å²) in [5, 5.41) is 61.4. The van der Waals surface area contributed by atoms with E-state index in [9.17, 15) is 63.6 Å². The summed E-state index contributed by atoms with van der Waals surface area (Å²) in [4.78, 5) is 124. The number of carbonyl (C=O) groups excluding carboxylic acids is 6. The van der Waals surface area contributed by atoms with Crippen molar-refractivity contribution in [3.63, 3.8) is 0 Å². The fourth-order valence-corrected chi connectivity index (χ4v) is 10.9. The number of nitrogens with one attached hydrogen (secondary N) is 8. The second kappa shape index (κ2) is 39.6. The molecule has 4 rings (SSSR count). The van der Waals surface area contributed by atoms with Crippen molar-refractivity contribution >= 4 is 75.7 Å². The highest BCUT2D eigenvalue weighted by Crippen LogP contribution is 2.45. The fourth-order valence-electron chi connectivity index (χ4n) is 8.92. The molecule has 1 heterocycles. The Morgan fingerprint density at radius 3 is 1.76 bits per heavy atom. The van der Waals surface area contributed by atoms with Gasteiger partial charge in [-0.15, -0.1) is 10.9 Å². The third-order valence-corrected chi connectivity index (χ3v) is 15.7. The molecule has 3 aromatic rings. The Balaban J connectivity index is 1.24. The number of aldehydes is 1. The van der Waals surface area contributed by atoms with E-state index in [1.165, 1.54) is 12.1 Å².